The van der Waals surface area contributed by atoms with Gasteiger partial charge in [-0.15, -0.1) is 0 Å². The van der Waals surface area contributed by atoms with Crippen LogP contribution in [0.1, 0.15) is 125 Å². The zero-order valence-electron chi connectivity index (χ0n) is 19.4. The number of benzene rings is 1. The van der Waals surface area contributed by atoms with Gasteiger partial charge in [0.05, 0.1) is 0 Å². The Morgan fingerprint density at radius 1 is 0.767 bits per heavy atom. The van der Waals surface area contributed by atoms with Crippen LogP contribution >= 0.6 is 0 Å². The minimum Gasteiger partial charge on any atom is -0.289 e. The van der Waals surface area contributed by atoms with Crippen LogP contribution in [0.4, 0.5) is 0 Å². The summed E-state index contributed by atoms with van der Waals surface area (Å²) < 4.78 is 0. The topological polar surface area (TPSA) is 34.1 Å². The third-order valence-electron chi connectivity index (χ3n) is 6.31. The summed E-state index contributed by atoms with van der Waals surface area (Å²) in [7, 11) is 0. The minimum absolute atomic E-state index is 0.00313. The van der Waals surface area contributed by atoms with Crippen LogP contribution in [0, 0.1) is 0 Å². The molecule has 164 valence electrons. The van der Waals surface area contributed by atoms with E-state index in [4.69, 9.17) is 0 Å². The Balaban J connectivity index is 1.67. The van der Waals surface area contributed by atoms with Crippen LogP contribution in [0.2, 0.25) is 0 Å². The zero-order valence-corrected chi connectivity index (χ0v) is 19.4. The Labute approximate surface area is 183 Å². The smallest absolute Gasteiger partial charge is 0.190 e. The molecule has 0 unspecified atom stereocenters. The lowest BCUT2D eigenvalue weighted by molar-refractivity contribution is 0.0973. The Kier molecular flexibility index (Phi) is 10.8. The summed E-state index contributed by atoms with van der Waals surface area (Å²) in [5, 5.41) is 0. The van der Waals surface area contributed by atoms with E-state index < -0.39 is 0 Å². The monoisotopic (exact) mass is 408 g/mol. The maximum absolute atomic E-state index is 12.8. The lowest BCUT2D eigenvalue weighted by Gasteiger charge is -2.18. The number of rotatable bonds is 14. The van der Waals surface area contributed by atoms with E-state index >= 15 is 0 Å². The number of carbonyl (C=O) groups is 2. The van der Waals surface area contributed by atoms with Crippen molar-refractivity contribution in [2.75, 3.05) is 0 Å². The number of fused-ring (bicyclic) bond motifs is 1. The third-order valence-corrected chi connectivity index (χ3v) is 6.31. The van der Waals surface area contributed by atoms with E-state index in [0.29, 0.717) is 28.7 Å². The van der Waals surface area contributed by atoms with Gasteiger partial charge in [0.25, 0.3) is 0 Å². The van der Waals surface area contributed by atoms with Crippen molar-refractivity contribution in [2.45, 2.75) is 104 Å². The second-order valence-corrected chi connectivity index (χ2v) is 8.85. The zero-order chi connectivity index (χ0) is 21.8. The molecule has 0 saturated heterocycles. The van der Waals surface area contributed by atoms with Gasteiger partial charge in [0, 0.05) is 22.3 Å². The van der Waals surface area contributed by atoms with Crippen molar-refractivity contribution in [3.8, 4) is 0 Å². The number of hydrogen-bond acceptors (Lipinski definition) is 2. The lowest BCUT2D eigenvalue weighted by Crippen LogP contribution is -2.20. The molecule has 30 heavy (non-hydrogen) atoms. The molecule has 0 atom stereocenters. The standard InChI is InChI=1S/C28H40O2/c1-4-5-6-7-8-9-10-11-12-13-14-17-22(2)20-21-24-23(3)27(29)25-18-15-16-19-26(25)28(24)30/h15-16,18-20H,4-14,17,21H2,1-3H3. The largest absolute Gasteiger partial charge is 0.289 e. The summed E-state index contributed by atoms with van der Waals surface area (Å²) in [5.74, 6) is 0.0121. The molecule has 2 nitrogen and oxygen atoms in total. The lowest BCUT2D eigenvalue weighted by atomic mass is 9.83. The predicted molar refractivity (Wildman–Crippen MR) is 127 cm³/mol. The van der Waals surface area contributed by atoms with Crippen molar-refractivity contribution in [2.24, 2.45) is 0 Å². The fraction of sp³-hybridized carbons (Fsp3) is 0.571. The van der Waals surface area contributed by atoms with E-state index in [1.54, 1.807) is 19.1 Å². The fourth-order valence-electron chi connectivity index (χ4n) is 4.24. The van der Waals surface area contributed by atoms with Crippen LogP contribution in [-0.2, 0) is 0 Å². The first kappa shape index (κ1) is 24.3. The van der Waals surface area contributed by atoms with Gasteiger partial charge in [0.2, 0.25) is 0 Å². The molecule has 0 aromatic heterocycles. The summed E-state index contributed by atoms with van der Waals surface area (Å²) >= 11 is 0. The number of carbonyl (C=O) groups excluding carboxylic acids is 2. The van der Waals surface area contributed by atoms with Gasteiger partial charge in [-0.05, 0) is 33.1 Å². The molecule has 0 spiro atoms. The molecule has 1 aromatic carbocycles. The van der Waals surface area contributed by atoms with E-state index in [9.17, 15) is 9.59 Å². The molecular formula is C28H40O2. The van der Waals surface area contributed by atoms with Crippen molar-refractivity contribution >= 4 is 11.6 Å². The second-order valence-electron chi connectivity index (χ2n) is 8.85. The first-order valence-electron chi connectivity index (χ1n) is 12.1. The summed E-state index contributed by atoms with van der Waals surface area (Å²) in [6.07, 6.45) is 18.7. The molecule has 0 saturated carbocycles. The van der Waals surface area contributed by atoms with Gasteiger partial charge in [-0.2, -0.15) is 0 Å². The third kappa shape index (κ3) is 7.38. The van der Waals surface area contributed by atoms with Crippen LogP contribution in [0.15, 0.2) is 47.1 Å². The van der Waals surface area contributed by atoms with Gasteiger partial charge in [-0.1, -0.05) is 107 Å². The van der Waals surface area contributed by atoms with E-state index in [1.165, 1.54) is 76.2 Å². The first-order valence-corrected chi connectivity index (χ1v) is 12.1. The number of ketones is 2. The molecule has 2 rings (SSSR count). The molecule has 1 aromatic rings. The summed E-state index contributed by atoms with van der Waals surface area (Å²) in [4.78, 5) is 25.4. The quantitative estimate of drug-likeness (QED) is 0.229. The highest BCUT2D eigenvalue weighted by atomic mass is 16.1. The normalized spacial score (nSPS) is 14.4. The number of hydrogen-bond donors (Lipinski definition) is 0. The van der Waals surface area contributed by atoms with Crippen LogP contribution in [0.3, 0.4) is 0 Å². The van der Waals surface area contributed by atoms with Crippen molar-refractivity contribution in [3.63, 3.8) is 0 Å². The molecule has 0 bridgehead atoms. The van der Waals surface area contributed by atoms with Gasteiger partial charge in [0.1, 0.15) is 0 Å². The van der Waals surface area contributed by atoms with Crippen LogP contribution in [0.5, 0.6) is 0 Å². The first-order chi connectivity index (χ1) is 14.6. The number of allylic oxidation sites excluding steroid dienone is 4. The maximum Gasteiger partial charge on any atom is 0.190 e. The second kappa shape index (κ2) is 13.4. The number of Topliss-reactive ketones (excluding diaryl/α,β-unsaturated/α-hetero) is 2. The number of unbranched alkanes of at least 4 members (excludes halogenated alkanes) is 10. The Bertz CT molecular complexity index is 767. The molecule has 2 heteroatoms. The van der Waals surface area contributed by atoms with Gasteiger partial charge in [-0.25, -0.2) is 0 Å². The summed E-state index contributed by atoms with van der Waals surface area (Å²) in [5.41, 5.74) is 3.70. The molecule has 0 fully saturated rings. The average molecular weight is 409 g/mol. The molecule has 0 N–H and O–H groups in total. The molecule has 1 aliphatic carbocycles. The molecule has 0 amide bonds. The van der Waals surface area contributed by atoms with Gasteiger partial charge >= 0.3 is 0 Å². The van der Waals surface area contributed by atoms with Crippen LogP contribution in [-0.4, -0.2) is 11.6 Å². The molecule has 0 heterocycles. The van der Waals surface area contributed by atoms with Crippen molar-refractivity contribution in [1.29, 1.82) is 0 Å². The summed E-state index contributed by atoms with van der Waals surface area (Å²) in [6.45, 7) is 6.21. The maximum atomic E-state index is 12.8. The summed E-state index contributed by atoms with van der Waals surface area (Å²) in [6, 6.07) is 7.17. The van der Waals surface area contributed by atoms with E-state index in [1.807, 2.05) is 12.1 Å². The van der Waals surface area contributed by atoms with E-state index in [0.717, 1.165) is 6.42 Å². The molecule has 0 aliphatic heterocycles. The van der Waals surface area contributed by atoms with Crippen molar-refractivity contribution in [1.82, 2.24) is 0 Å². The Hall–Kier alpha value is -1.96. The van der Waals surface area contributed by atoms with Crippen LogP contribution in [0.25, 0.3) is 0 Å². The molecular weight excluding hydrogens is 368 g/mol. The van der Waals surface area contributed by atoms with Gasteiger partial charge < -0.3 is 0 Å². The SMILES string of the molecule is CCCCCCCCCCCCCC(C)=CCC1=C(C)C(=O)c2ccccc2C1=O. The highest BCUT2D eigenvalue weighted by molar-refractivity contribution is 6.26. The minimum atomic E-state index is -0.00313. The van der Waals surface area contributed by atoms with Crippen LogP contribution < -0.4 is 0 Å². The molecule has 1 aliphatic rings. The highest BCUT2D eigenvalue weighted by Crippen LogP contribution is 2.28. The van der Waals surface area contributed by atoms with E-state index in [-0.39, 0.29) is 11.6 Å². The fourth-order valence-corrected chi connectivity index (χ4v) is 4.24. The highest BCUT2D eigenvalue weighted by Gasteiger charge is 2.28. The van der Waals surface area contributed by atoms with Gasteiger partial charge in [0.15, 0.2) is 11.6 Å². The average Bonchev–Trinajstić information content (AvgIpc) is 2.76. The molecule has 0 radical (unpaired) electrons. The van der Waals surface area contributed by atoms with E-state index in [2.05, 4.69) is 19.9 Å². The van der Waals surface area contributed by atoms with Gasteiger partial charge in [-0.3, -0.25) is 9.59 Å². The predicted octanol–water partition coefficient (Wildman–Crippen LogP) is 8.42. The Morgan fingerprint density at radius 2 is 1.27 bits per heavy atom. The van der Waals surface area contributed by atoms with Crippen molar-refractivity contribution in [3.05, 3.63) is 58.2 Å². The van der Waals surface area contributed by atoms with Crippen molar-refractivity contribution < 1.29 is 9.59 Å². The Morgan fingerprint density at radius 3 is 1.83 bits per heavy atom.